The van der Waals surface area contributed by atoms with E-state index in [1.165, 1.54) is 0 Å². The first-order chi connectivity index (χ1) is 8.70. The smallest absolute Gasteiger partial charge is 0.0701 e. The van der Waals surface area contributed by atoms with Gasteiger partial charge in [-0.3, -0.25) is 0 Å². The predicted octanol–water partition coefficient (Wildman–Crippen LogP) is 1.91. The van der Waals surface area contributed by atoms with E-state index >= 15 is 0 Å². The second kappa shape index (κ2) is 13.6. The van der Waals surface area contributed by atoms with Gasteiger partial charge in [-0.15, -0.1) is 11.6 Å². The molecule has 0 radical (unpaired) electrons. The number of halogens is 1. The van der Waals surface area contributed by atoms with Crippen LogP contribution in [0.5, 0.6) is 0 Å². The standard InChI is InChI=1S/C13H28ClNO3/c1-12(2)10-13(11-14)15-4-5-17-8-9-18-7-6-16-3/h12-13,15H,4-11H2,1-3H3. The van der Waals surface area contributed by atoms with E-state index in [0.717, 1.165) is 13.0 Å². The summed E-state index contributed by atoms with van der Waals surface area (Å²) in [4.78, 5) is 0. The average Bonchev–Trinajstić information content (AvgIpc) is 2.35. The molecule has 0 heterocycles. The molecule has 110 valence electrons. The topological polar surface area (TPSA) is 39.7 Å². The van der Waals surface area contributed by atoms with Crippen LogP contribution in [0.3, 0.4) is 0 Å². The zero-order valence-corrected chi connectivity index (χ0v) is 12.7. The molecule has 0 bridgehead atoms. The second-order valence-corrected chi connectivity index (χ2v) is 4.96. The number of hydrogen-bond acceptors (Lipinski definition) is 4. The van der Waals surface area contributed by atoms with Gasteiger partial charge in [-0.05, 0) is 12.3 Å². The SMILES string of the molecule is COCCOCCOCCNC(CCl)CC(C)C. The van der Waals surface area contributed by atoms with E-state index in [9.17, 15) is 0 Å². The number of rotatable bonds is 13. The molecule has 0 saturated heterocycles. The second-order valence-electron chi connectivity index (χ2n) is 4.65. The highest BCUT2D eigenvalue weighted by Crippen LogP contribution is 2.05. The van der Waals surface area contributed by atoms with Crippen molar-refractivity contribution < 1.29 is 14.2 Å². The van der Waals surface area contributed by atoms with Crippen molar-refractivity contribution in [1.29, 1.82) is 0 Å². The molecule has 18 heavy (non-hydrogen) atoms. The maximum Gasteiger partial charge on any atom is 0.0701 e. The molecule has 0 saturated carbocycles. The quantitative estimate of drug-likeness (QED) is 0.414. The minimum atomic E-state index is 0.383. The molecule has 0 aliphatic heterocycles. The van der Waals surface area contributed by atoms with Gasteiger partial charge in [-0.2, -0.15) is 0 Å². The van der Waals surface area contributed by atoms with Gasteiger partial charge in [0, 0.05) is 25.6 Å². The summed E-state index contributed by atoms with van der Waals surface area (Å²) in [7, 11) is 1.66. The summed E-state index contributed by atoms with van der Waals surface area (Å²) < 4.78 is 15.6. The van der Waals surface area contributed by atoms with Crippen LogP contribution in [0.15, 0.2) is 0 Å². The van der Waals surface area contributed by atoms with Gasteiger partial charge in [-0.1, -0.05) is 13.8 Å². The summed E-state index contributed by atoms with van der Waals surface area (Å²) in [5.41, 5.74) is 0. The van der Waals surface area contributed by atoms with Gasteiger partial charge in [0.05, 0.1) is 33.0 Å². The summed E-state index contributed by atoms with van der Waals surface area (Å²) in [6.07, 6.45) is 1.10. The minimum absolute atomic E-state index is 0.383. The largest absolute Gasteiger partial charge is 0.382 e. The summed E-state index contributed by atoms with van der Waals surface area (Å²) in [5.74, 6) is 1.31. The Morgan fingerprint density at radius 3 is 2.17 bits per heavy atom. The van der Waals surface area contributed by atoms with Gasteiger partial charge in [0.1, 0.15) is 0 Å². The third kappa shape index (κ3) is 12.6. The Morgan fingerprint density at radius 2 is 1.61 bits per heavy atom. The highest BCUT2D eigenvalue weighted by atomic mass is 35.5. The zero-order chi connectivity index (χ0) is 13.6. The van der Waals surface area contributed by atoms with Crippen molar-refractivity contribution >= 4 is 11.6 Å². The van der Waals surface area contributed by atoms with Crippen molar-refractivity contribution in [3.8, 4) is 0 Å². The average molecular weight is 282 g/mol. The van der Waals surface area contributed by atoms with Crippen molar-refractivity contribution in [3.63, 3.8) is 0 Å². The fraction of sp³-hybridized carbons (Fsp3) is 1.00. The molecule has 0 aromatic rings. The summed E-state index contributed by atoms with van der Waals surface area (Å²) in [5, 5.41) is 3.39. The van der Waals surface area contributed by atoms with E-state index in [4.69, 9.17) is 25.8 Å². The Labute approximate surface area is 116 Å². The van der Waals surface area contributed by atoms with Crippen molar-refractivity contribution in [2.75, 3.05) is 52.6 Å². The number of methoxy groups -OCH3 is 1. The van der Waals surface area contributed by atoms with E-state index in [2.05, 4.69) is 19.2 Å². The molecule has 1 atom stereocenters. The van der Waals surface area contributed by atoms with Crippen LogP contribution in [0.2, 0.25) is 0 Å². The van der Waals surface area contributed by atoms with Crippen LogP contribution in [-0.2, 0) is 14.2 Å². The Balaban J connectivity index is 3.23. The maximum atomic E-state index is 5.89. The van der Waals surface area contributed by atoms with E-state index in [1.54, 1.807) is 7.11 Å². The van der Waals surface area contributed by atoms with Gasteiger partial charge < -0.3 is 19.5 Å². The molecule has 0 aromatic heterocycles. The molecule has 4 nitrogen and oxygen atoms in total. The molecule has 1 N–H and O–H groups in total. The van der Waals surface area contributed by atoms with Gasteiger partial charge >= 0.3 is 0 Å². The lowest BCUT2D eigenvalue weighted by atomic mass is 10.1. The molecular weight excluding hydrogens is 254 g/mol. The zero-order valence-electron chi connectivity index (χ0n) is 11.9. The molecule has 0 fully saturated rings. The molecule has 0 rings (SSSR count). The van der Waals surface area contributed by atoms with Gasteiger partial charge in [0.2, 0.25) is 0 Å². The molecule has 1 unspecified atom stereocenters. The van der Waals surface area contributed by atoms with Crippen molar-refractivity contribution in [2.24, 2.45) is 5.92 Å². The van der Waals surface area contributed by atoms with Crippen molar-refractivity contribution in [3.05, 3.63) is 0 Å². The number of alkyl halides is 1. The molecule has 0 spiro atoms. The summed E-state index contributed by atoms with van der Waals surface area (Å²) >= 11 is 5.89. The normalized spacial score (nSPS) is 13.2. The minimum Gasteiger partial charge on any atom is -0.382 e. The Hall–Kier alpha value is 0.130. The third-order valence-electron chi connectivity index (χ3n) is 2.43. The van der Waals surface area contributed by atoms with E-state index in [0.29, 0.717) is 50.9 Å². The Morgan fingerprint density at radius 1 is 1.00 bits per heavy atom. The van der Waals surface area contributed by atoms with E-state index in [-0.39, 0.29) is 0 Å². The van der Waals surface area contributed by atoms with Crippen LogP contribution in [-0.4, -0.2) is 58.6 Å². The van der Waals surface area contributed by atoms with Crippen LogP contribution in [0, 0.1) is 5.92 Å². The monoisotopic (exact) mass is 281 g/mol. The van der Waals surface area contributed by atoms with Crippen LogP contribution in [0.25, 0.3) is 0 Å². The number of hydrogen-bond donors (Lipinski definition) is 1. The van der Waals surface area contributed by atoms with Crippen LogP contribution < -0.4 is 5.32 Å². The van der Waals surface area contributed by atoms with Crippen LogP contribution >= 0.6 is 11.6 Å². The molecule has 0 aliphatic carbocycles. The first kappa shape index (κ1) is 18.1. The van der Waals surface area contributed by atoms with E-state index < -0.39 is 0 Å². The molecule has 5 heteroatoms. The lowest BCUT2D eigenvalue weighted by Gasteiger charge is -2.18. The molecule has 0 aliphatic rings. The fourth-order valence-electron chi connectivity index (χ4n) is 1.57. The molecular formula is C13H28ClNO3. The predicted molar refractivity (Wildman–Crippen MR) is 75.5 cm³/mol. The number of nitrogens with one attached hydrogen (secondary N) is 1. The number of ether oxygens (including phenoxy) is 3. The fourth-order valence-corrected chi connectivity index (χ4v) is 1.80. The Kier molecular flexibility index (Phi) is 13.7. The van der Waals surface area contributed by atoms with Crippen molar-refractivity contribution in [1.82, 2.24) is 5.32 Å². The molecule has 0 amide bonds. The van der Waals surface area contributed by atoms with Gasteiger partial charge in [0.15, 0.2) is 0 Å². The lowest BCUT2D eigenvalue weighted by molar-refractivity contribution is 0.0252. The Bertz CT molecular complexity index is 170. The highest BCUT2D eigenvalue weighted by Gasteiger charge is 2.08. The summed E-state index contributed by atoms with van der Waals surface area (Å²) in [6, 6.07) is 0.383. The van der Waals surface area contributed by atoms with Crippen LogP contribution in [0.4, 0.5) is 0 Å². The lowest BCUT2D eigenvalue weighted by Crippen LogP contribution is -2.34. The summed E-state index contributed by atoms with van der Waals surface area (Å²) in [6.45, 7) is 8.44. The van der Waals surface area contributed by atoms with Crippen molar-refractivity contribution in [2.45, 2.75) is 26.3 Å². The first-order valence-corrected chi connectivity index (χ1v) is 7.18. The van der Waals surface area contributed by atoms with Crippen LogP contribution in [0.1, 0.15) is 20.3 Å². The van der Waals surface area contributed by atoms with Gasteiger partial charge in [0.25, 0.3) is 0 Å². The maximum absolute atomic E-state index is 5.89. The van der Waals surface area contributed by atoms with Gasteiger partial charge in [-0.25, -0.2) is 0 Å². The third-order valence-corrected chi connectivity index (χ3v) is 2.80. The highest BCUT2D eigenvalue weighted by molar-refractivity contribution is 6.18. The first-order valence-electron chi connectivity index (χ1n) is 6.64. The molecule has 0 aromatic carbocycles. The van der Waals surface area contributed by atoms with E-state index in [1.807, 2.05) is 0 Å².